The number of carbonyl (C=O) groups excluding carboxylic acids is 1. The van der Waals surface area contributed by atoms with Crippen molar-refractivity contribution in [3.63, 3.8) is 0 Å². The van der Waals surface area contributed by atoms with Gasteiger partial charge in [-0.1, -0.05) is 84.5 Å². The molecule has 0 spiro atoms. The Hall–Kier alpha value is -1.06. The van der Waals surface area contributed by atoms with Crippen molar-refractivity contribution in [3.8, 4) is 0 Å². The number of ether oxygens (including phenoxy) is 1. The SMILES string of the molecule is CCC(C)CCCCCCCCCCOC(=O)C1CCCCC1C(=O)O. The molecule has 0 aromatic heterocycles. The molecule has 0 aliphatic heterocycles. The van der Waals surface area contributed by atoms with Crippen LogP contribution in [0, 0.1) is 17.8 Å². The van der Waals surface area contributed by atoms with Gasteiger partial charge in [-0.25, -0.2) is 0 Å². The number of aliphatic carboxylic acids is 1. The molecule has 3 unspecified atom stereocenters. The van der Waals surface area contributed by atoms with Crippen LogP contribution in [0.3, 0.4) is 0 Å². The lowest BCUT2D eigenvalue weighted by atomic mass is 9.79. The molecular formula is C22H40O4. The molecule has 1 saturated carbocycles. The molecule has 1 rings (SSSR count). The van der Waals surface area contributed by atoms with Gasteiger partial charge in [-0.05, 0) is 25.2 Å². The number of carboxylic acid groups (broad SMARTS) is 1. The van der Waals surface area contributed by atoms with Gasteiger partial charge in [0.15, 0.2) is 0 Å². The summed E-state index contributed by atoms with van der Waals surface area (Å²) in [5, 5.41) is 9.24. The van der Waals surface area contributed by atoms with Crippen molar-refractivity contribution >= 4 is 11.9 Å². The van der Waals surface area contributed by atoms with E-state index in [9.17, 15) is 14.7 Å². The molecule has 152 valence electrons. The highest BCUT2D eigenvalue weighted by molar-refractivity contribution is 5.81. The number of hydrogen-bond donors (Lipinski definition) is 1. The normalized spacial score (nSPS) is 21.3. The molecule has 0 aromatic carbocycles. The highest BCUT2D eigenvalue weighted by Gasteiger charge is 2.36. The van der Waals surface area contributed by atoms with E-state index in [4.69, 9.17) is 4.74 Å². The first-order valence-corrected chi connectivity index (χ1v) is 11.0. The van der Waals surface area contributed by atoms with Crippen molar-refractivity contribution in [2.75, 3.05) is 6.61 Å². The van der Waals surface area contributed by atoms with Crippen LogP contribution in [-0.4, -0.2) is 23.7 Å². The third kappa shape index (κ3) is 9.59. The zero-order chi connectivity index (χ0) is 19.2. The Labute approximate surface area is 160 Å². The third-order valence-corrected chi connectivity index (χ3v) is 5.92. The smallest absolute Gasteiger partial charge is 0.309 e. The second-order valence-corrected chi connectivity index (χ2v) is 8.13. The average Bonchev–Trinajstić information content (AvgIpc) is 2.65. The van der Waals surface area contributed by atoms with Crippen molar-refractivity contribution in [2.24, 2.45) is 17.8 Å². The Kier molecular flexibility index (Phi) is 12.4. The minimum absolute atomic E-state index is 0.293. The molecule has 4 heteroatoms. The Bertz CT molecular complexity index is 394. The summed E-state index contributed by atoms with van der Waals surface area (Å²) in [6.07, 6.45) is 15.6. The standard InChI is InChI=1S/C22H40O4/c1-3-18(2)14-10-8-6-4-5-7-9-13-17-26-22(25)20-16-12-11-15-19(20)21(23)24/h18-20H,3-17H2,1-2H3,(H,23,24). The monoisotopic (exact) mass is 368 g/mol. The maximum atomic E-state index is 12.1. The van der Waals surface area contributed by atoms with E-state index in [1.165, 1.54) is 51.4 Å². The van der Waals surface area contributed by atoms with Crippen molar-refractivity contribution in [3.05, 3.63) is 0 Å². The quantitative estimate of drug-likeness (QED) is 0.303. The summed E-state index contributed by atoms with van der Waals surface area (Å²) >= 11 is 0. The lowest BCUT2D eigenvalue weighted by Crippen LogP contribution is -2.33. The number of hydrogen-bond acceptors (Lipinski definition) is 3. The van der Waals surface area contributed by atoms with E-state index in [2.05, 4.69) is 13.8 Å². The van der Waals surface area contributed by atoms with Crippen molar-refractivity contribution < 1.29 is 19.4 Å². The largest absolute Gasteiger partial charge is 0.481 e. The Morgan fingerprint density at radius 2 is 1.46 bits per heavy atom. The fourth-order valence-electron chi connectivity index (χ4n) is 3.85. The molecule has 0 radical (unpaired) electrons. The van der Waals surface area contributed by atoms with Gasteiger partial charge in [0.2, 0.25) is 0 Å². The minimum atomic E-state index is -0.851. The molecule has 0 bridgehead atoms. The summed E-state index contributed by atoms with van der Waals surface area (Å²) in [6.45, 7) is 5.04. The van der Waals surface area contributed by atoms with Crippen molar-refractivity contribution in [1.82, 2.24) is 0 Å². The first kappa shape index (κ1) is 23.0. The first-order valence-electron chi connectivity index (χ1n) is 11.0. The molecule has 3 atom stereocenters. The molecule has 0 amide bonds. The number of esters is 1. The molecule has 0 aromatic rings. The van der Waals surface area contributed by atoms with Gasteiger partial charge >= 0.3 is 11.9 Å². The second kappa shape index (κ2) is 14.1. The van der Waals surface area contributed by atoms with Crippen molar-refractivity contribution in [2.45, 2.75) is 104 Å². The van der Waals surface area contributed by atoms with E-state index in [0.717, 1.165) is 31.6 Å². The summed E-state index contributed by atoms with van der Waals surface area (Å²) in [7, 11) is 0. The molecule has 26 heavy (non-hydrogen) atoms. The van der Waals surface area contributed by atoms with Gasteiger partial charge in [0.25, 0.3) is 0 Å². The maximum absolute atomic E-state index is 12.1. The molecule has 0 saturated heterocycles. The van der Waals surface area contributed by atoms with E-state index in [-0.39, 0.29) is 5.97 Å². The topological polar surface area (TPSA) is 63.6 Å². The van der Waals surface area contributed by atoms with Crippen LogP contribution in [0.2, 0.25) is 0 Å². The van der Waals surface area contributed by atoms with E-state index >= 15 is 0 Å². The van der Waals surface area contributed by atoms with Crippen LogP contribution < -0.4 is 0 Å². The number of carboxylic acids is 1. The van der Waals surface area contributed by atoms with Gasteiger partial charge in [0, 0.05) is 0 Å². The van der Waals surface area contributed by atoms with Crippen LogP contribution in [-0.2, 0) is 14.3 Å². The molecule has 4 nitrogen and oxygen atoms in total. The van der Waals surface area contributed by atoms with E-state index < -0.39 is 17.8 Å². The minimum Gasteiger partial charge on any atom is -0.481 e. The van der Waals surface area contributed by atoms with E-state index in [0.29, 0.717) is 19.4 Å². The summed E-state index contributed by atoms with van der Waals surface area (Å²) in [5.41, 5.74) is 0. The Morgan fingerprint density at radius 1 is 0.923 bits per heavy atom. The fraction of sp³-hybridized carbons (Fsp3) is 0.909. The van der Waals surface area contributed by atoms with Crippen LogP contribution in [0.1, 0.15) is 104 Å². The van der Waals surface area contributed by atoms with Crippen molar-refractivity contribution in [1.29, 1.82) is 0 Å². The van der Waals surface area contributed by atoms with E-state index in [1.807, 2.05) is 0 Å². The Morgan fingerprint density at radius 3 is 2.04 bits per heavy atom. The summed E-state index contributed by atoms with van der Waals surface area (Å²) < 4.78 is 5.35. The van der Waals surface area contributed by atoms with Gasteiger partial charge < -0.3 is 9.84 Å². The van der Waals surface area contributed by atoms with Gasteiger partial charge in [-0.2, -0.15) is 0 Å². The molecule has 1 aliphatic carbocycles. The fourth-order valence-corrected chi connectivity index (χ4v) is 3.85. The maximum Gasteiger partial charge on any atom is 0.309 e. The van der Waals surface area contributed by atoms with E-state index in [1.54, 1.807) is 0 Å². The highest BCUT2D eigenvalue weighted by atomic mass is 16.5. The second-order valence-electron chi connectivity index (χ2n) is 8.13. The first-order chi connectivity index (χ1) is 12.6. The average molecular weight is 369 g/mol. The summed E-state index contributed by atoms with van der Waals surface area (Å²) in [6, 6.07) is 0. The predicted octanol–water partition coefficient (Wildman–Crippen LogP) is 5.98. The predicted molar refractivity (Wildman–Crippen MR) is 105 cm³/mol. The van der Waals surface area contributed by atoms with Crippen LogP contribution >= 0.6 is 0 Å². The van der Waals surface area contributed by atoms with Gasteiger partial charge in [-0.15, -0.1) is 0 Å². The zero-order valence-corrected chi connectivity index (χ0v) is 17.0. The molecular weight excluding hydrogens is 328 g/mol. The van der Waals surface area contributed by atoms with Gasteiger partial charge in [-0.3, -0.25) is 9.59 Å². The summed E-state index contributed by atoms with van der Waals surface area (Å²) in [4.78, 5) is 23.4. The molecule has 1 aliphatic rings. The van der Waals surface area contributed by atoms with Crippen LogP contribution in [0.5, 0.6) is 0 Å². The molecule has 1 fully saturated rings. The van der Waals surface area contributed by atoms with Gasteiger partial charge in [0.1, 0.15) is 0 Å². The Balaban J connectivity index is 1.97. The molecule has 0 heterocycles. The highest BCUT2D eigenvalue weighted by Crippen LogP contribution is 2.31. The number of rotatable bonds is 14. The lowest BCUT2D eigenvalue weighted by Gasteiger charge is -2.26. The zero-order valence-electron chi connectivity index (χ0n) is 17.0. The van der Waals surface area contributed by atoms with Gasteiger partial charge in [0.05, 0.1) is 18.4 Å². The molecule has 1 N–H and O–H groups in total. The number of carbonyl (C=O) groups is 2. The summed E-state index contributed by atoms with van der Waals surface area (Å²) in [5.74, 6) is -1.25. The van der Waals surface area contributed by atoms with Crippen LogP contribution in [0.15, 0.2) is 0 Å². The van der Waals surface area contributed by atoms with Crippen LogP contribution in [0.25, 0.3) is 0 Å². The van der Waals surface area contributed by atoms with Crippen LogP contribution in [0.4, 0.5) is 0 Å². The third-order valence-electron chi connectivity index (χ3n) is 5.92. The lowest BCUT2D eigenvalue weighted by molar-refractivity contribution is -0.159. The number of unbranched alkanes of at least 4 members (excludes halogenated alkanes) is 7.